The first-order chi connectivity index (χ1) is 5.20. The van der Waals surface area contributed by atoms with E-state index in [0.717, 1.165) is 0 Å². The van der Waals surface area contributed by atoms with Gasteiger partial charge in [0.05, 0.1) is 18.6 Å². The van der Waals surface area contributed by atoms with Crippen LogP contribution in [0.5, 0.6) is 0 Å². The van der Waals surface area contributed by atoms with Gasteiger partial charge in [-0.25, -0.2) is 0 Å². The smallest absolute Gasteiger partial charge is 0.140 e. The number of aliphatic hydroxyl groups excluding tert-OH is 2. The molecule has 2 N–H and O–H groups in total. The highest BCUT2D eigenvalue weighted by molar-refractivity contribution is 6.11. The monoisotopic (exact) mass is 154 g/mol. The molecule has 1 aliphatic heterocycles. The van der Waals surface area contributed by atoms with Crippen molar-refractivity contribution in [3.8, 4) is 12.3 Å². The Bertz CT molecular complexity index is 177. The molecule has 11 heavy (non-hydrogen) atoms. The number of rotatable bonds is 1. The molecule has 0 aliphatic carbocycles. The lowest BCUT2D eigenvalue weighted by atomic mass is 9.85. The first-order valence-corrected chi connectivity index (χ1v) is 3.61. The molecule has 1 saturated heterocycles. The summed E-state index contributed by atoms with van der Waals surface area (Å²) in [5, 5.41) is 18.1. The molecule has 0 aromatic heterocycles. The molecule has 0 radical (unpaired) electrons. The van der Waals surface area contributed by atoms with Gasteiger partial charge in [-0.05, 0) is 0 Å². The second-order valence-electron chi connectivity index (χ2n) is 2.75. The summed E-state index contributed by atoms with van der Waals surface area (Å²) in [5.74, 6) is 2.16. The molecule has 1 rings (SSSR count). The lowest BCUT2D eigenvalue weighted by Gasteiger charge is -2.10. The summed E-state index contributed by atoms with van der Waals surface area (Å²) in [6.07, 6.45) is 3.93. The summed E-state index contributed by atoms with van der Waals surface area (Å²) in [4.78, 5) is 0. The van der Waals surface area contributed by atoms with Crippen molar-refractivity contribution < 1.29 is 14.9 Å². The van der Waals surface area contributed by atoms with Crippen LogP contribution >= 0.6 is 0 Å². The standard InChI is InChI=1S/C7H11BO3/c1-2-4-6(10)5(3-9)11-7(4)8/h1,4-7,9-10H,3,8H2/t4-,5+,6-,7?/m0/s1. The summed E-state index contributed by atoms with van der Waals surface area (Å²) in [6.45, 7) is -0.177. The van der Waals surface area contributed by atoms with Crippen LogP contribution in [0.15, 0.2) is 0 Å². The predicted octanol–water partition coefficient (Wildman–Crippen LogP) is -2.05. The normalized spacial score (nSPS) is 43.7. The summed E-state index contributed by atoms with van der Waals surface area (Å²) >= 11 is 0. The van der Waals surface area contributed by atoms with E-state index in [9.17, 15) is 5.11 Å². The minimum Gasteiger partial charge on any atom is -0.394 e. The molecule has 0 amide bonds. The van der Waals surface area contributed by atoms with Crippen LogP contribution in [0.2, 0.25) is 0 Å². The van der Waals surface area contributed by atoms with Gasteiger partial charge in [0, 0.05) is 6.00 Å². The first-order valence-electron chi connectivity index (χ1n) is 3.61. The second-order valence-corrected chi connectivity index (χ2v) is 2.75. The average Bonchev–Trinajstić information content (AvgIpc) is 2.26. The highest BCUT2D eigenvalue weighted by atomic mass is 16.5. The average molecular weight is 154 g/mol. The Kier molecular flexibility index (Phi) is 2.55. The van der Waals surface area contributed by atoms with Crippen LogP contribution < -0.4 is 0 Å². The maximum Gasteiger partial charge on any atom is 0.140 e. The fourth-order valence-electron chi connectivity index (χ4n) is 1.33. The third-order valence-corrected chi connectivity index (χ3v) is 2.02. The second kappa shape index (κ2) is 3.27. The predicted molar refractivity (Wildman–Crippen MR) is 42.6 cm³/mol. The Hall–Kier alpha value is -0.495. The van der Waals surface area contributed by atoms with E-state index in [0.29, 0.717) is 0 Å². The highest BCUT2D eigenvalue weighted by Crippen LogP contribution is 2.24. The van der Waals surface area contributed by atoms with E-state index in [1.165, 1.54) is 0 Å². The molecule has 1 heterocycles. The molecule has 4 heteroatoms. The molecule has 4 atom stereocenters. The van der Waals surface area contributed by atoms with Gasteiger partial charge in [-0.3, -0.25) is 0 Å². The Morgan fingerprint density at radius 1 is 1.64 bits per heavy atom. The van der Waals surface area contributed by atoms with E-state index in [1.807, 2.05) is 0 Å². The van der Waals surface area contributed by atoms with Crippen molar-refractivity contribution in [1.29, 1.82) is 0 Å². The zero-order chi connectivity index (χ0) is 8.43. The van der Waals surface area contributed by atoms with Gasteiger partial charge in [0.15, 0.2) is 0 Å². The lowest BCUT2D eigenvalue weighted by Crippen LogP contribution is -2.28. The van der Waals surface area contributed by atoms with Crippen LogP contribution in [-0.2, 0) is 4.74 Å². The van der Waals surface area contributed by atoms with Crippen LogP contribution in [0, 0.1) is 18.3 Å². The van der Waals surface area contributed by atoms with Crippen molar-refractivity contribution >= 4 is 7.85 Å². The van der Waals surface area contributed by atoms with Gasteiger partial charge in [-0.1, -0.05) is 5.92 Å². The van der Waals surface area contributed by atoms with Crippen LogP contribution in [0.25, 0.3) is 0 Å². The van der Waals surface area contributed by atoms with Gasteiger partial charge in [-0.15, -0.1) is 6.42 Å². The van der Waals surface area contributed by atoms with E-state index in [2.05, 4.69) is 5.92 Å². The molecular weight excluding hydrogens is 143 g/mol. The highest BCUT2D eigenvalue weighted by Gasteiger charge is 2.39. The number of hydrogen-bond acceptors (Lipinski definition) is 3. The SMILES string of the molecule is BC1O[C@H](CO)[C@@H](O)[C@@H]1C#C. The number of ether oxygens (including phenoxy) is 1. The molecule has 0 aromatic carbocycles. The quantitative estimate of drug-likeness (QED) is 0.337. The minimum atomic E-state index is -0.722. The van der Waals surface area contributed by atoms with Crippen molar-refractivity contribution in [3.63, 3.8) is 0 Å². The van der Waals surface area contributed by atoms with E-state index in [1.54, 1.807) is 7.85 Å². The van der Waals surface area contributed by atoms with E-state index in [-0.39, 0.29) is 18.5 Å². The van der Waals surface area contributed by atoms with Gasteiger partial charge in [0.25, 0.3) is 0 Å². The molecule has 0 bridgehead atoms. The van der Waals surface area contributed by atoms with Gasteiger partial charge in [0.1, 0.15) is 14.0 Å². The molecular formula is C7H11BO3. The summed E-state index contributed by atoms with van der Waals surface area (Å²) in [7, 11) is 1.80. The number of terminal acetylenes is 1. The zero-order valence-corrected chi connectivity index (χ0v) is 6.40. The van der Waals surface area contributed by atoms with E-state index in [4.69, 9.17) is 16.3 Å². The molecule has 3 nitrogen and oxygen atoms in total. The maximum atomic E-state index is 9.39. The zero-order valence-electron chi connectivity index (χ0n) is 6.40. The van der Waals surface area contributed by atoms with E-state index >= 15 is 0 Å². The van der Waals surface area contributed by atoms with Crippen molar-refractivity contribution in [2.24, 2.45) is 5.92 Å². The van der Waals surface area contributed by atoms with Gasteiger partial charge in [0.2, 0.25) is 0 Å². The molecule has 0 spiro atoms. The Balaban J connectivity index is 2.64. The van der Waals surface area contributed by atoms with Crippen molar-refractivity contribution in [2.45, 2.75) is 18.2 Å². The number of aliphatic hydroxyl groups is 2. The van der Waals surface area contributed by atoms with Crippen LogP contribution in [0.3, 0.4) is 0 Å². The van der Waals surface area contributed by atoms with Crippen LogP contribution in [-0.4, -0.2) is 42.9 Å². The largest absolute Gasteiger partial charge is 0.394 e. The van der Waals surface area contributed by atoms with Crippen molar-refractivity contribution in [2.75, 3.05) is 6.61 Å². The van der Waals surface area contributed by atoms with E-state index < -0.39 is 12.2 Å². The molecule has 60 valence electrons. The van der Waals surface area contributed by atoms with Gasteiger partial charge in [-0.2, -0.15) is 0 Å². The first kappa shape index (κ1) is 8.60. The van der Waals surface area contributed by atoms with Gasteiger partial charge >= 0.3 is 0 Å². The maximum absolute atomic E-state index is 9.39. The van der Waals surface area contributed by atoms with Crippen LogP contribution in [0.1, 0.15) is 0 Å². The lowest BCUT2D eigenvalue weighted by molar-refractivity contribution is -0.00457. The molecule has 1 unspecified atom stereocenters. The minimum absolute atomic E-state index is 0.160. The van der Waals surface area contributed by atoms with Crippen molar-refractivity contribution in [3.05, 3.63) is 0 Å². The molecule has 1 aliphatic rings. The Morgan fingerprint density at radius 2 is 2.27 bits per heavy atom. The van der Waals surface area contributed by atoms with Gasteiger partial charge < -0.3 is 14.9 Å². The van der Waals surface area contributed by atoms with Crippen molar-refractivity contribution in [1.82, 2.24) is 0 Å². The summed E-state index contributed by atoms with van der Waals surface area (Å²) < 4.78 is 5.18. The number of hydrogen-bond donors (Lipinski definition) is 2. The molecule has 0 saturated carbocycles. The summed E-state index contributed by atoms with van der Waals surface area (Å²) in [6, 6.07) is -0.160. The third-order valence-electron chi connectivity index (χ3n) is 2.02. The molecule has 1 fully saturated rings. The fourth-order valence-corrected chi connectivity index (χ4v) is 1.33. The fraction of sp³-hybridized carbons (Fsp3) is 0.714. The Morgan fingerprint density at radius 3 is 2.55 bits per heavy atom. The topological polar surface area (TPSA) is 49.7 Å². The summed E-state index contributed by atoms with van der Waals surface area (Å²) in [5.41, 5.74) is 0. The Labute approximate surface area is 66.8 Å². The third kappa shape index (κ3) is 1.41. The molecule has 0 aromatic rings. The van der Waals surface area contributed by atoms with Crippen LogP contribution in [0.4, 0.5) is 0 Å².